The Morgan fingerprint density at radius 1 is 1.17 bits per heavy atom. The van der Waals surface area contributed by atoms with Crippen LogP contribution >= 0.6 is 0 Å². The Morgan fingerprint density at radius 2 is 2.00 bits per heavy atom. The summed E-state index contributed by atoms with van der Waals surface area (Å²) in [6.45, 7) is 4.19. The number of nitrogens with zero attached hydrogens (tertiary/aromatic N) is 4. The lowest BCUT2D eigenvalue weighted by molar-refractivity contribution is -0.121. The first-order valence-corrected chi connectivity index (χ1v) is 12.6. The minimum atomic E-state index is -0.379. The molecule has 1 aromatic carbocycles. The van der Waals surface area contributed by atoms with E-state index in [1.165, 1.54) is 11.9 Å². The summed E-state index contributed by atoms with van der Waals surface area (Å²) in [5.41, 5.74) is 8.75. The third-order valence-electron chi connectivity index (χ3n) is 8.30. The molecule has 184 valence electrons. The molecule has 0 bridgehead atoms. The van der Waals surface area contributed by atoms with Crippen LogP contribution in [0, 0.1) is 23.2 Å². The van der Waals surface area contributed by atoms with Gasteiger partial charge in [0.15, 0.2) is 0 Å². The number of carbonyl (C=O) groups excluding carboxylic acids is 2. The summed E-state index contributed by atoms with van der Waals surface area (Å²) in [7, 11) is 0. The van der Waals surface area contributed by atoms with E-state index in [1.807, 2.05) is 22.9 Å². The molecule has 5 atom stereocenters. The molecule has 2 saturated carbocycles. The number of aldehydes is 2. The van der Waals surface area contributed by atoms with Crippen LogP contribution in [0.15, 0.2) is 48.9 Å². The maximum absolute atomic E-state index is 12.3. The molecule has 4 aromatic rings. The molecule has 0 radical (unpaired) electrons. The highest BCUT2D eigenvalue weighted by atomic mass is 16.1. The van der Waals surface area contributed by atoms with E-state index in [4.69, 9.17) is 10.7 Å². The van der Waals surface area contributed by atoms with Gasteiger partial charge in [-0.05, 0) is 74.3 Å². The van der Waals surface area contributed by atoms with Crippen LogP contribution in [0.3, 0.4) is 0 Å². The van der Waals surface area contributed by atoms with Crippen molar-refractivity contribution in [2.75, 3.05) is 11.1 Å². The maximum Gasteiger partial charge on any atom is 0.145 e. The Morgan fingerprint density at radius 3 is 2.78 bits per heavy atom. The second-order valence-corrected chi connectivity index (χ2v) is 10.7. The van der Waals surface area contributed by atoms with Crippen LogP contribution in [0.2, 0.25) is 0 Å². The number of fused-ring (bicyclic) bond motifs is 3. The van der Waals surface area contributed by atoms with Gasteiger partial charge in [-0.15, -0.1) is 0 Å². The van der Waals surface area contributed by atoms with Gasteiger partial charge in [0.05, 0.1) is 10.9 Å². The lowest BCUT2D eigenvalue weighted by atomic mass is 9.81. The number of hydrogen-bond acceptors (Lipinski definition) is 7. The molecule has 36 heavy (non-hydrogen) atoms. The van der Waals surface area contributed by atoms with E-state index in [9.17, 15) is 9.59 Å². The summed E-state index contributed by atoms with van der Waals surface area (Å²) < 4.78 is 2.05. The lowest BCUT2D eigenvalue weighted by Gasteiger charge is -2.24. The first-order chi connectivity index (χ1) is 17.4. The number of hydrogen-bond donors (Lipinski definition) is 2. The topological polar surface area (TPSA) is 116 Å². The molecule has 0 amide bonds. The van der Waals surface area contributed by atoms with Gasteiger partial charge in [-0.3, -0.25) is 0 Å². The van der Waals surface area contributed by atoms with E-state index in [0.717, 1.165) is 59.6 Å². The van der Waals surface area contributed by atoms with Crippen LogP contribution in [0.25, 0.3) is 21.9 Å². The van der Waals surface area contributed by atoms with Crippen LogP contribution < -0.4 is 11.1 Å². The van der Waals surface area contributed by atoms with Crippen molar-refractivity contribution >= 4 is 46.1 Å². The third kappa shape index (κ3) is 3.46. The van der Waals surface area contributed by atoms with Crippen LogP contribution in [-0.4, -0.2) is 38.1 Å². The van der Waals surface area contributed by atoms with E-state index >= 15 is 0 Å². The Bertz CT molecular complexity index is 1480. The van der Waals surface area contributed by atoms with Crippen molar-refractivity contribution in [3.05, 3.63) is 54.5 Å². The van der Waals surface area contributed by atoms with E-state index in [0.29, 0.717) is 11.9 Å². The number of anilines is 2. The van der Waals surface area contributed by atoms with Crippen LogP contribution in [0.1, 0.15) is 38.3 Å². The third-order valence-corrected chi connectivity index (χ3v) is 8.30. The first kappa shape index (κ1) is 22.6. The largest absolute Gasteiger partial charge is 0.383 e. The van der Waals surface area contributed by atoms with Gasteiger partial charge >= 0.3 is 0 Å². The van der Waals surface area contributed by atoms with Gasteiger partial charge in [-0.1, -0.05) is 12.1 Å². The number of benzene rings is 1. The highest BCUT2D eigenvalue weighted by Crippen LogP contribution is 2.73. The summed E-state index contributed by atoms with van der Waals surface area (Å²) in [6, 6.07) is 12.6. The predicted octanol–water partition coefficient (Wildman–Crippen LogP) is 4.21. The van der Waals surface area contributed by atoms with Crippen LogP contribution in [0.5, 0.6) is 0 Å². The van der Waals surface area contributed by atoms with Crippen LogP contribution in [-0.2, 0) is 16.0 Å². The molecule has 3 aromatic heterocycles. The van der Waals surface area contributed by atoms with E-state index in [2.05, 4.69) is 53.4 Å². The monoisotopic (exact) mass is 482 g/mol. The second-order valence-electron chi connectivity index (χ2n) is 10.7. The van der Waals surface area contributed by atoms with Crippen molar-refractivity contribution < 1.29 is 9.59 Å². The van der Waals surface area contributed by atoms with Crippen LogP contribution in [0.4, 0.5) is 11.6 Å². The van der Waals surface area contributed by atoms with Gasteiger partial charge in [-0.25, -0.2) is 15.0 Å². The van der Waals surface area contributed by atoms with Gasteiger partial charge in [-0.2, -0.15) is 0 Å². The molecule has 0 saturated heterocycles. The Balaban J connectivity index is 1.28. The molecule has 0 spiro atoms. The Labute approximate surface area is 209 Å². The molecule has 0 unspecified atom stereocenters. The molecule has 8 nitrogen and oxygen atoms in total. The maximum atomic E-state index is 12.3. The number of aryl methyl sites for hydroxylation is 1. The first-order valence-electron chi connectivity index (χ1n) is 12.6. The van der Waals surface area contributed by atoms with Gasteiger partial charge < -0.3 is 25.2 Å². The fourth-order valence-electron chi connectivity index (χ4n) is 6.59. The standard InChI is InChI=1S/C28H30N6O2/c1-16(2)32-24-6-5-18-4-3-17(11-23(18)33-24)7-9-28-12-21(28)25(20(13-35)22(28)14-36)34-10-8-19-26(29)30-15-31-27(19)34/h3-6,8,10-11,13-16,20-22,25H,7,9,12H2,1-2H3,(H,32,33)(H2,29,30,31)/t20-,21+,22+,25-,28+/m0/s1. The zero-order valence-corrected chi connectivity index (χ0v) is 20.5. The molecule has 8 heteroatoms. The van der Waals surface area contributed by atoms with E-state index in [1.54, 1.807) is 0 Å². The van der Waals surface area contributed by atoms with Crippen molar-refractivity contribution in [3.63, 3.8) is 0 Å². The molecule has 0 aliphatic heterocycles. The smallest absolute Gasteiger partial charge is 0.145 e. The van der Waals surface area contributed by atoms with Crippen molar-refractivity contribution in [1.29, 1.82) is 0 Å². The van der Waals surface area contributed by atoms with Crippen molar-refractivity contribution in [3.8, 4) is 0 Å². The number of aromatic nitrogens is 4. The van der Waals surface area contributed by atoms with Crippen molar-refractivity contribution in [2.24, 2.45) is 23.2 Å². The minimum Gasteiger partial charge on any atom is -0.383 e. The molecule has 3 N–H and O–H groups in total. The fraction of sp³-hybridized carbons (Fsp3) is 0.393. The SMILES string of the molecule is CC(C)Nc1ccc2ccc(CC[C@@]34C[C@@H]3[C@@H](n3ccc5c(N)ncnc53)[C@@H](C=O)[C@H]4C=O)cc2n1. The zero-order valence-electron chi connectivity index (χ0n) is 20.5. The summed E-state index contributed by atoms with van der Waals surface area (Å²) in [4.78, 5) is 37.9. The normalized spacial score (nSPS) is 26.9. The molecular formula is C28H30N6O2. The number of pyridine rings is 1. The van der Waals surface area contributed by atoms with E-state index < -0.39 is 0 Å². The second kappa shape index (κ2) is 8.40. The van der Waals surface area contributed by atoms with Crippen molar-refractivity contribution in [1.82, 2.24) is 19.5 Å². The number of nitrogens with two attached hydrogens (primary N) is 1. The van der Waals surface area contributed by atoms with E-state index in [-0.39, 0.29) is 29.2 Å². The Kier molecular flexibility index (Phi) is 5.28. The fourth-order valence-corrected chi connectivity index (χ4v) is 6.59. The molecule has 2 aliphatic rings. The average Bonchev–Trinajstić information content (AvgIpc) is 3.30. The highest BCUT2D eigenvalue weighted by Gasteiger charge is 2.70. The number of nitrogens with one attached hydrogen (secondary N) is 1. The molecule has 6 rings (SSSR count). The quantitative estimate of drug-likeness (QED) is 0.362. The summed E-state index contributed by atoms with van der Waals surface area (Å²) in [5.74, 6) is 0.852. The summed E-state index contributed by atoms with van der Waals surface area (Å²) in [5, 5.41) is 5.24. The highest BCUT2D eigenvalue weighted by molar-refractivity contribution is 5.86. The minimum absolute atomic E-state index is 0.104. The molecule has 2 fully saturated rings. The lowest BCUT2D eigenvalue weighted by Crippen LogP contribution is -2.27. The number of carbonyl (C=O) groups is 2. The number of nitrogen functional groups attached to an aromatic ring is 1. The molecule has 2 aliphatic carbocycles. The summed E-state index contributed by atoms with van der Waals surface area (Å²) >= 11 is 0. The van der Waals surface area contributed by atoms with Gasteiger partial charge in [0.2, 0.25) is 0 Å². The van der Waals surface area contributed by atoms with Crippen molar-refractivity contribution in [2.45, 2.75) is 45.2 Å². The van der Waals surface area contributed by atoms with Gasteiger partial charge in [0, 0.05) is 35.5 Å². The number of rotatable bonds is 8. The molecule has 3 heterocycles. The zero-order chi connectivity index (χ0) is 25.0. The Hall–Kier alpha value is -3.81. The average molecular weight is 483 g/mol. The predicted molar refractivity (Wildman–Crippen MR) is 139 cm³/mol. The molecular weight excluding hydrogens is 452 g/mol. The van der Waals surface area contributed by atoms with Gasteiger partial charge in [0.1, 0.15) is 36.2 Å². The summed E-state index contributed by atoms with van der Waals surface area (Å²) in [6.07, 6.45) is 7.99. The van der Waals surface area contributed by atoms with Gasteiger partial charge in [0.25, 0.3) is 0 Å².